The molecular formula is C13H26N2O. The van der Waals surface area contributed by atoms with Gasteiger partial charge in [0.1, 0.15) is 0 Å². The highest BCUT2D eigenvalue weighted by molar-refractivity contribution is 5.78. The van der Waals surface area contributed by atoms with Gasteiger partial charge in [-0.1, -0.05) is 32.1 Å². The van der Waals surface area contributed by atoms with E-state index in [-0.39, 0.29) is 5.91 Å². The summed E-state index contributed by atoms with van der Waals surface area (Å²) in [7, 11) is 1.80. The maximum absolute atomic E-state index is 11.3. The molecule has 0 heterocycles. The van der Waals surface area contributed by atoms with Gasteiger partial charge in [-0.15, -0.1) is 0 Å². The summed E-state index contributed by atoms with van der Waals surface area (Å²) in [6.07, 6.45) is 9.44. The highest BCUT2D eigenvalue weighted by Gasteiger charge is 2.15. The number of nitrogens with one attached hydrogen (secondary N) is 2. The molecule has 2 N–H and O–H groups in total. The molecule has 1 aliphatic rings. The van der Waals surface area contributed by atoms with Crippen LogP contribution in [0.4, 0.5) is 0 Å². The molecule has 1 saturated carbocycles. The van der Waals surface area contributed by atoms with Crippen molar-refractivity contribution in [1.29, 1.82) is 0 Å². The predicted octanol–water partition coefficient (Wildman–Crippen LogP) is 2.07. The van der Waals surface area contributed by atoms with Crippen LogP contribution in [-0.2, 0) is 4.79 Å². The Balaban J connectivity index is 2.08. The summed E-state index contributed by atoms with van der Waals surface area (Å²) < 4.78 is 0. The molecule has 3 nitrogen and oxygen atoms in total. The molecule has 1 rings (SSSR count). The van der Waals surface area contributed by atoms with Crippen LogP contribution in [0.25, 0.3) is 0 Å². The monoisotopic (exact) mass is 226 g/mol. The van der Waals surface area contributed by atoms with Crippen molar-refractivity contribution in [2.24, 2.45) is 5.92 Å². The minimum absolute atomic E-state index is 0.110. The first-order chi connectivity index (χ1) is 7.72. The maximum Gasteiger partial charge on any atom is 0.234 e. The van der Waals surface area contributed by atoms with Crippen LogP contribution in [0.15, 0.2) is 0 Å². The number of amides is 1. The fraction of sp³-hybridized carbons (Fsp3) is 0.923. The molecule has 1 unspecified atom stereocenters. The van der Waals surface area contributed by atoms with Crippen LogP contribution in [0.2, 0.25) is 0 Å². The molecule has 1 fully saturated rings. The lowest BCUT2D eigenvalue weighted by molar-refractivity contribution is -0.120. The van der Waals surface area contributed by atoms with Gasteiger partial charge in [-0.2, -0.15) is 0 Å². The molecule has 0 spiro atoms. The minimum atomic E-state index is 0.110. The highest BCUT2D eigenvalue weighted by atomic mass is 16.1. The van der Waals surface area contributed by atoms with Crippen LogP contribution in [0.1, 0.15) is 51.9 Å². The summed E-state index contributed by atoms with van der Waals surface area (Å²) in [4.78, 5) is 11.3. The van der Waals surface area contributed by atoms with Gasteiger partial charge in [0, 0.05) is 6.04 Å². The molecule has 0 bridgehead atoms. The van der Waals surface area contributed by atoms with Gasteiger partial charge in [0.15, 0.2) is 0 Å². The van der Waals surface area contributed by atoms with E-state index in [4.69, 9.17) is 0 Å². The zero-order valence-electron chi connectivity index (χ0n) is 10.7. The van der Waals surface area contributed by atoms with Crippen LogP contribution in [0.3, 0.4) is 0 Å². The predicted molar refractivity (Wildman–Crippen MR) is 67.3 cm³/mol. The largest absolute Gasteiger partial charge is 0.353 e. The molecule has 94 valence electrons. The normalized spacial score (nSPS) is 19.4. The van der Waals surface area contributed by atoms with Crippen molar-refractivity contribution in [1.82, 2.24) is 10.6 Å². The van der Waals surface area contributed by atoms with E-state index in [9.17, 15) is 4.79 Å². The molecule has 3 heteroatoms. The second-order valence-electron chi connectivity index (χ2n) is 5.08. The summed E-state index contributed by atoms with van der Waals surface area (Å²) in [6, 6.07) is 0.322. The van der Waals surface area contributed by atoms with Crippen molar-refractivity contribution in [3.05, 3.63) is 0 Å². The molecule has 16 heavy (non-hydrogen) atoms. The molecule has 0 aliphatic heterocycles. The lowest BCUT2D eigenvalue weighted by Gasteiger charge is -2.23. The van der Waals surface area contributed by atoms with Gasteiger partial charge in [0.25, 0.3) is 0 Å². The van der Waals surface area contributed by atoms with Crippen molar-refractivity contribution >= 4 is 5.91 Å². The summed E-state index contributed by atoms with van der Waals surface area (Å²) >= 11 is 0. The highest BCUT2D eigenvalue weighted by Crippen LogP contribution is 2.27. The lowest BCUT2D eigenvalue weighted by Crippen LogP contribution is -2.38. The summed E-state index contributed by atoms with van der Waals surface area (Å²) in [5.74, 6) is 1.02. The van der Waals surface area contributed by atoms with Crippen LogP contribution in [0.5, 0.6) is 0 Å². The molecule has 1 atom stereocenters. The Morgan fingerprint density at radius 2 is 2.00 bits per heavy atom. The van der Waals surface area contributed by atoms with Gasteiger partial charge in [-0.3, -0.25) is 4.79 Å². The van der Waals surface area contributed by atoms with E-state index in [1.165, 1.54) is 38.5 Å². The SMILES string of the molecule is CNCC(=O)NC(C)CCC1CCCCC1. The van der Waals surface area contributed by atoms with Gasteiger partial charge < -0.3 is 10.6 Å². The third-order valence-electron chi connectivity index (χ3n) is 3.48. The molecule has 1 aliphatic carbocycles. The zero-order chi connectivity index (χ0) is 11.8. The molecule has 0 saturated heterocycles. The molecular weight excluding hydrogens is 200 g/mol. The van der Waals surface area contributed by atoms with Crippen molar-refractivity contribution in [2.45, 2.75) is 57.9 Å². The Labute approximate surface area is 99.4 Å². The first-order valence-electron chi connectivity index (χ1n) is 6.66. The first-order valence-corrected chi connectivity index (χ1v) is 6.66. The number of hydrogen-bond acceptors (Lipinski definition) is 2. The quantitative estimate of drug-likeness (QED) is 0.728. The topological polar surface area (TPSA) is 41.1 Å². The fourth-order valence-corrected chi connectivity index (χ4v) is 2.52. The molecule has 1 amide bonds. The van der Waals surface area contributed by atoms with Crippen LogP contribution < -0.4 is 10.6 Å². The number of carbonyl (C=O) groups excluding carboxylic acids is 1. The summed E-state index contributed by atoms with van der Waals surface area (Å²) in [5, 5.41) is 5.89. The summed E-state index contributed by atoms with van der Waals surface area (Å²) in [5.41, 5.74) is 0. The van der Waals surface area contributed by atoms with Crippen molar-refractivity contribution in [3.63, 3.8) is 0 Å². The number of rotatable bonds is 6. The van der Waals surface area contributed by atoms with Crippen molar-refractivity contribution < 1.29 is 4.79 Å². The van der Waals surface area contributed by atoms with Gasteiger partial charge in [0.05, 0.1) is 6.54 Å². The molecule has 0 aromatic heterocycles. The maximum atomic E-state index is 11.3. The Morgan fingerprint density at radius 1 is 1.31 bits per heavy atom. The standard InChI is InChI=1S/C13H26N2O/c1-11(15-13(16)10-14-2)8-9-12-6-4-3-5-7-12/h11-12,14H,3-10H2,1-2H3,(H,15,16). The van der Waals surface area contributed by atoms with E-state index in [0.29, 0.717) is 12.6 Å². The molecule has 0 aromatic carbocycles. The third kappa shape index (κ3) is 5.50. The third-order valence-corrected chi connectivity index (χ3v) is 3.48. The molecule has 0 radical (unpaired) electrons. The second-order valence-corrected chi connectivity index (χ2v) is 5.08. The Hall–Kier alpha value is -0.570. The van der Waals surface area contributed by atoms with E-state index in [1.54, 1.807) is 7.05 Å². The van der Waals surface area contributed by atoms with Crippen LogP contribution in [-0.4, -0.2) is 25.5 Å². The Morgan fingerprint density at radius 3 is 2.62 bits per heavy atom. The Bertz CT molecular complexity index is 200. The zero-order valence-corrected chi connectivity index (χ0v) is 10.7. The lowest BCUT2D eigenvalue weighted by atomic mass is 9.85. The first kappa shape index (κ1) is 13.5. The Kier molecular flexibility index (Phi) is 6.46. The van der Waals surface area contributed by atoms with Gasteiger partial charge in [0.2, 0.25) is 5.91 Å². The number of hydrogen-bond donors (Lipinski definition) is 2. The number of carbonyl (C=O) groups is 1. The minimum Gasteiger partial charge on any atom is -0.353 e. The van der Waals surface area contributed by atoms with Gasteiger partial charge in [-0.25, -0.2) is 0 Å². The molecule has 0 aromatic rings. The van der Waals surface area contributed by atoms with Crippen molar-refractivity contribution in [3.8, 4) is 0 Å². The van der Waals surface area contributed by atoms with E-state index >= 15 is 0 Å². The van der Waals surface area contributed by atoms with Crippen molar-refractivity contribution in [2.75, 3.05) is 13.6 Å². The average Bonchev–Trinajstić information content (AvgIpc) is 2.28. The van der Waals surface area contributed by atoms with Gasteiger partial charge >= 0.3 is 0 Å². The van der Waals surface area contributed by atoms with Crippen LogP contribution in [0, 0.1) is 5.92 Å². The smallest absolute Gasteiger partial charge is 0.234 e. The van der Waals surface area contributed by atoms with Gasteiger partial charge in [-0.05, 0) is 32.7 Å². The number of likely N-dealkylation sites (N-methyl/N-ethyl adjacent to an activating group) is 1. The van der Waals surface area contributed by atoms with E-state index in [1.807, 2.05) is 0 Å². The average molecular weight is 226 g/mol. The second kappa shape index (κ2) is 7.66. The van der Waals surface area contributed by atoms with Crippen LogP contribution >= 0.6 is 0 Å². The van der Waals surface area contributed by atoms with E-state index in [2.05, 4.69) is 17.6 Å². The van der Waals surface area contributed by atoms with E-state index in [0.717, 1.165) is 12.3 Å². The van der Waals surface area contributed by atoms with E-state index < -0.39 is 0 Å². The fourth-order valence-electron chi connectivity index (χ4n) is 2.52. The summed E-state index contributed by atoms with van der Waals surface area (Å²) in [6.45, 7) is 2.53.